The van der Waals surface area contributed by atoms with Gasteiger partial charge >= 0.3 is 6.09 Å². The van der Waals surface area contributed by atoms with Crippen molar-refractivity contribution >= 4 is 23.8 Å². The first-order chi connectivity index (χ1) is 16.7. The lowest BCUT2D eigenvalue weighted by atomic mass is 9.91. The fraction of sp³-hybridized carbons (Fsp3) is 0.542. The standard InChI is InChI=1S/C24H31FN6O4/c1-24(2,3)35-23(33)29-17-6-4-16(5-7-17)28-22-27-13-18(25)21(30-22)15-8-9-26-19(12-15)31-10-11-34-14-20(31)32/h8-9,12-13,16-17H,4-7,10-11,14H2,1-3H3,(H,29,33)(H,27,28,30)/t16-,17-. The molecule has 1 aliphatic heterocycles. The molecule has 0 radical (unpaired) electrons. The second kappa shape index (κ2) is 10.5. The molecule has 1 aliphatic carbocycles. The maximum atomic E-state index is 14.6. The van der Waals surface area contributed by atoms with E-state index in [1.165, 1.54) is 11.1 Å². The van der Waals surface area contributed by atoms with Crippen LogP contribution >= 0.6 is 0 Å². The first-order valence-corrected chi connectivity index (χ1v) is 11.8. The van der Waals surface area contributed by atoms with Gasteiger partial charge in [-0.05, 0) is 58.6 Å². The summed E-state index contributed by atoms with van der Waals surface area (Å²) in [6, 6.07) is 3.44. The van der Waals surface area contributed by atoms with Crippen molar-refractivity contribution in [2.45, 2.75) is 64.1 Å². The number of nitrogens with one attached hydrogen (secondary N) is 2. The van der Waals surface area contributed by atoms with Crippen molar-refractivity contribution in [1.29, 1.82) is 0 Å². The molecule has 11 heteroatoms. The van der Waals surface area contributed by atoms with Gasteiger partial charge < -0.3 is 20.1 Å². The second-order valence-electron chi connectivity index (χ2n) is 9.73. The highest BCUT2D eigenvalue weighted by Crippen LogP contribution is 2.27. The zero-order valence-corrected chi connectivity index (χ0v) is 20.2. The fourth-order valence-electron chi connectivity index (χ4n) is 4.15. The average molecular weight is 487 g/mol. The van der Waals surface area contributed by atoms with Crippen LogP contribution in [0.4, 0.5) is 21.0 Å². The highest BCUT2D eigenvalue weighted by Gasteiger charge is 2.26. The molecule has 1 saturated heterocycles. The number of hydrogen-bond acceptors (Lipinski definition) is 8. The number of rotatable bonds is 5. The second-order valence-corrected chi connectivity index (χ2v) is 9.73. The molecule has 35 heavy (non-hydrogen) atoms. The van der Waals surface area contributed by atoms with E-state index in [2.05, 4.69) is 25.6 Å². The number of nitrogens with zero attached hydrogens (tertiary/aromatic N) is 4. The Labute approximate surface area is 203 Å². The van der Waals surface area contributed by atoms with Gasteiger partial charge in [-0.25, -0.2) is 24.1 Å². The van der Waals surface area contributed by atoms with Gasteiger partial charge in [0.05, 0.1) is 19.3 Å². The molecule has 2 aromatic heterocycles. The summed E-state index contributed by atoms with van der Waals surface area (Å²) >= 11 is 0. The maximum absolute atomic E-state index is 14.6. The van der Waals surface area contributed by atoms with E-state index in [-0.39, 0.29) is 30.3 Å². The van der Waals surface area contributed by atoms with E-state index < -0.39 is 17.5 Å². The fourth-order valence-corrected chi connectivity index (χ4v) is 4.15. The van der Waals surface area contributed by atoms with Crippen LogP contribution in [0.25, 0.3) is 11.3 Å². The molecule has 0 unspecified atom stereocenters. The van der Waals surface area contributed by atoms with Crippen molar-refractivity contribution in [1.82, 2.24) is 20.3 Å². The topological polar surface area (TPSA) is 119 Å². The van der Waals surface area contributed by atoms with Gasteiger partial charge in [0.15, 0.2) is 5.82 Å². The molecule has 2 N–H and O–H groups in total. The number of aromatic nitrogens is 3. The molecule has 3 heterocycles. The van der Waals surface area contributed by atoms with E-state index in [1.54, 1.807) is 12.1 Å². The number of pyridine rings is 1. The lowest BCUT2D eigenvalue weighted by Gasteiger charge is -2.30. The molecule has 2 aliphatic rings. The molecule has 2 fully saturated rings. The van der Waals surface area contributed by atoms with Crippen LogP contribution in [0.3, 0.4) is 0 Å². The van der Waals surface area contributed by atoms with Gasteiger partial charge in [-0.15, -0.1) is 0 Å². The van der Waals surface area contributed by atoms with Crippen LogP contribution in [0, 0.1) is 5.82 Å². The molecular weight excluding hydrogens is 455 g/mol. The number of halogens is 1. The zero-order chi connectivity index (χ0) is 25.0. The number of carbonyl (C=O) groups excluding carboxylic acids is 2. The minimum absolute atomic E-state index is 0.00260. The predicted molar refractivity (Wildman–Crippen MR) is 127 cm³/mol. The summed E-state index contributed by atoms with van der Waals surface area (Å²) in [6.07, 6.45) is 5.43. The minimum Gasteiger partial charge on any atom is -0.444 e. The number of amides is 2. The maximum Gasteiger partial charge on any atom is 0.407 e. The molecule has 2 amide bonds. The van der Waals surface area contributed by atoms with Gasteiger partial charge in [-0.1, -0.05) is 0 Å². The number of carbonyl (C=O) groups is 2. The summed E-state index contributed by atoms with van der Waals surface area (Å²) in [7, 11) is 0. The molecule has 0 aromatic carbocycles. The first kappa shape index (κ1) is 24.8. The Morgan fingerprint density at radius 2 is 1.94 bits per heavy atom. The molecule has 2 aromatic rings. The Morgan fingerprint density at radius 1 is 1.20 bits per heavy atom. The van der Waals surface area contributed by atoms with E-state index in [0.717, 1.165) is 31.9 Å². The van der Waals surface area contributed by atoms with E-state index >= 15 is 0 Å². The normalized spacial score (nSPS) is 20.9. The Kier molecular flexibility index (Phi) is 7.44. The molecule has 188 valence electrons. The number of hydrogen-bond donors (Lipinski definition) is 2. The molecule has 1 saturated carbocycles. The third-order valence-corrected chi connectivity index (χ3v) is 5.81. The molecule has 0 bridgehead atoms. The van der Waals surface area contributed by atoms with Crippen molar-refractivity contribution in [2.75, 3.05) is 30.0 Å². The number of morpholine rings is 1. The van der Waals surface area contributed by atoms with Crippen LogP contribution in [0.5, 0.6) is 0 Å². The number of anilines is 2. The quantitative estimate of drug-likeness (QED) is 0.661. The number of alkyl carbamates (subject to hydrolysis) is 1. The summed E-state index contributed by atoms with van der Waals surface area (Å²) in [5.41, 5.74) is 0.1000. The van der Waals surface area contributed by atoms with Crippen molar-refractivity contribution in [3.05, 3.63) is 30.3 Å². The monoisotopic (exact) mass is 486 g/mol. The SMILES string of the molecule is CC(C)(C)OC(=O)N[C@H]1CC[C@H](Nc2ncc(F)c(-c3ccnc(N4CCOCC4=O)c3)n2)CC1. The summed E-state index contributed by atoms with van der Waals surface area (Å²) in [6.45, 7) is 6.30. The van der Waals surface area contributed by atoms with Crippen LogP contribution in [-0.2, 0) is 14.3 Å². The lowest BCUT2D eigenvalue weighted by Crippen LogP contribution is -2.42. The van der Waals surface area contributed by atoms with Crippen LogP contribution in [0.15, 0.2) is 24.5 Å². The van der Waals surface area contributed by atoms with E-state index in [0.29, 0.717) is 30.5 Å². The molecule has 0 spiro atoms. The zero-order valence-electron chi connectivity index (χ0n) is 20.2. The van der Waals surface area contributed by atoms with Gasteiger partial charge in [0.2, 0.25) is 5.95 Å². The van der Waals surface area contributed by atoms with Crippen LogP contribution < -0.4 is 15.5 Å². The molecule has 4 rings (SSSR count). The Bertz CT molecular complexity index is 1070. The lowest BCUT2D eigenvalue weighted by molar-refractivity contribution is -0.125. The van der Waals surface area contributed by atoms with E-state index in [4.69, 9.17) is 9.47 Å². The third kappa shape index (κ3) is 6.62. The minimum atomic E-state index is -0.564. The van der Waals surface area contributed by atoms with Gasteiger partial charge in [0, 0.05) is 23.8 Å². The van der Waals surface area contributed by atoms with Crippen molar-refractivity contribution in [3.63, 3.8) is 0 Å². The largest absolute Gasteiger partial charge is 0.444 e. The summed E-state index contributed by atoms with van der Waals surface area (Å²) < 4.78 is 25.1. The van der Waals surface area contributed by atoms with Crippen molar-refractivity contribution in [3.8, 4) is 11.3 Å². The van der Waals surface area contributed by atoms with Crippen molar-refractivity contribution < 1.29 is 23.5 Å². The van der Waals surface area contributed by atoms with Crippen LogP contribution in [-0.4, -0.2) is 64.4 Å². The summed E-state index contributed by atoms with van der Waals surface area (Å²) in [5, 5.41) is 6.21. The van der Waals surface area contributed by atoms with Gasteiger partial charge in [-0.2, -0.15) is 0 Å². The van der Waals surface area contributed by atoms with E-state index in [1.807, 2.05) is 20.8 Å². The first-order valence-electron chi connectivity index (χ1n) is 11.8. The Balaban J connectivity index is 1.39. The number of ether oxygens (including phenoxy) is 2. The Morgan fingerprint density at radius 3 is 2.66 bits per heavy atom. The van der Waals surface area contributed by atoms with Crippen molar-refractivity contribution in [2.24, 2.45) is 0 Å². The summed E-state index contributed by atoms with van der Waals surface area (Å²) in [4.78, 5) is 38.5. The Hall–Kier alpha value is -3.34. The smallest absolute Gasteiger partial charge is 0.407 e. The van der Waals surface area contributed by atoms with Gasteiger partial charge in [-0.3, -0.25) is 9.69 Å². The van der Waals surface area contributed by atoms with Crippen LogP contribution in [0.2, 0.25) is 0 Å². The summed E-state index contributed by atoms with van der Waals surface area (Å²) in [5.74, 6) is -0.000608. The van der Waals surface area contributed by atoms with Gasteiger partial charge in [0.1, 0.15) is 23.7 Å². The molecular formula is C24H31FN6O4. The third-order valence-electron chi connectivity index (χ3n) is 5.81. The molecule has 0 atom stereocenters. The van der Waals surface area contributed by atoms with E-state index in [9.17, 15) is 14.0 Å². The van der Waals surface area contributed by atoms with Crippen LogP contribution in [0.1, 0.15) is 46.5 Å². The highest BCUT2D eigenvalue weighted by atomic mass is 19.1. The highest BCUT2D eigenvalue weighted by molar-refractivity contribution is 5.94. The predicted octanol–water partition coefficient (Wildman–Crippen LogP) is 3.29. The average Bonchev–Trinajstić information content (AvgIpc) is 2.81. The van der Waals surface area contributed by atoms with Gasteiger partial charge in [0.25, 0.3) is 5.91 Å². The molecule has 10 nitrogen and oxygen atoms in total.